The minimum Gasteiger partial charge on any atom is -0.312 e. The molecule has 0 aromatic rings. The van der Waals surface area contributed by atoms with Crippen LogP contribution in [0.15, 0.2) is 0 Å². The largest absolute Gasteiger partial charge is 0.312 e. The third-order valence-electron chi connectivity index (χ3n) is 5.81. The lowest BCUT2D eigenvalue weighted by molar-refractivity contribution is 0.325. The zero-order chi connectivity index (χ0) is 11.9. The molecule has 3 saturated carbocycles. The van der Waals surface area contributed by atoms with Crippen LogP contribution in [0.5, 0.6) is 0 Å². The van der Waals surface area contributed by atoms with E-state index < -0.39 is 0 Å². The predicted octanol–water partition coefficient (Wildman–Crippen LogP) is 2.69. The molecule has 2 heteroatoms. The summed E-state index contributed by atoms with van der Waals surface area (Å²) in [5.41, 5.74) is 0. The van der Waals surface area contributed by atoms with E-state index in [4.69, 9.17) is 0 Å². The van der Waals surface area contributed by atoms with Crippen molar-refractivity contribution in [1.29, 1.82) is 0 Å². The first kappa shape index (κ1) is 11.7. The van der Waals surface area contributed by atoms with Crippen molar-refractivity contribution in [3.63, 3.8) is 0 Å². The Bertz CT molecular complexity index is 269. The molecular weight excluding hydrogens is 220 g/mol. The van der Waals surface area contributed by atoms with Crippen LogP contribution in [0.4, 0.5) is 0 Å². The van der Waals surface area contributed by atoms with Gasteiger partial charge in [-0.25, -0.2) is 0 Å². The van der Waals surface area contributed by atoms with Gasteiger partial charge in [-0.15, -0.1) is 0 Å². The van der Waals surface area contributed by atoms with Gasteiger partial charge in [0.2, 0.25) is 0 Å². The SMILES string of the molecule is C1CCC2NC(CNC(C3CC3)C3CC3)CC2C1. The van der Waals surface area contributed by atoms with Gasteiger partial charge in [-0.1, -0.05) is 12.8 Å². The van der Waals surface area contributed by atoms with E-state index in [0.29, 0.717) is 0 Å². The second-order valence-electron chi connectivity index (χ2n) is 7.36. The van der Waals surface area contributed by atoms with Crippen LogP contribution in [-0.2, 0) is 0 Å². The quantitative estimate of drug-likeness (QED) is 0.781. The van der Waals surface area contributed by atoms with Crippen LogP contribution >= 0.6 is 0 Å². The molecular formula is C16H28N2. The molecule has 0 amide bonds. The van der Waals surface area contributed by atoms with Crippen molar-refractivity contribution >= 4 is 0 Å². The highest BCUT2D eigenvalue weighted by Gasteiger charge is 2.42. The molecule has 2 nitrogen and oxygen atoms in total. The number of nitrogens with one attached hydrogen (secondary N) is 2. The zero-order valence-corrected chi connectivity index (χ0v) is 11.5. The minimum absolute atomic E-state index is 0.776. The average Bonchev–Trinajstić information content (AvgIpc) is 3.28. The highest BCUT2D eigenvalue weighted by atomic mass is 15.1. The molecule has 18 heavy (non-hydrogen) atoms. The van der Waals surface area contributed by atoms with E-state index in [1.165, 1.54) is 64.3 Å². The average molecular weight is 248 g/mol. The van der Waals surface area contributed by atoms with Gasteiger partial charge in [-0.05, 0) is 62.7 Å². The van der Waals surface area contributed by atoms with Gasteiger partial charge >= 0.3 is 0 Å². The fraction of sp³-hybridized carbons (Fsp3) is 1.00. The van der Waals surface area contributed by atoms with Crippen molar-refractivity contribution in [2.75, 3.05) is 6.54 Å². The molecule has 0 spiro atoms. The summed E-state index contributed by atoms with van der Waals surface area (Å²) in [6, 6.07) is 2.53. The molecule has 1 saturated heterocycles. The van der Waals surface area contributed by atoms with Crippen molar-refractivity contribution in [2.45, 2.75) is 75.9 Å². The van der Waals surface area contributed by atoms with Gasteiger partial charge in [-0.3, -0.25) is 0 Å². The van der Waals surface area contributed by atoms with E-state index in [2.05, 4.69) is 10.6 Å². The van der Waals surface area contributed by atoms with Crippen molar-refractivity contribution < 1.29 is 0 Å². The van der Waals surface area contributed by atoms with Gasteiger partial charge in [0, 0.05) is 24.7 Å². The third kappa shape index (κ3) is 2.46. The van der Waals surface area contributed by atoms with Crippen LogP contribution in [0.25, 0.3) is 0 Å². The smallest absolute Gasteiger partial charge is 0.0198 e. The first-order valence-electron chi connectivity index (χ1n) is 8.39. The van der Waals surface area contributed by atoms with Gasteiger partial charge in [0.1, 0.15) is 0 Å². The molecule has 3 aliphatic carbocycles. The van der Waals surface area contributed by atoms with Gasteiger partial charge in [0.15, 0.2) is 0 Å². The fourth-order valence-corrected chi connectivity index (χ4v) is 4.49. The third-order valence-corrected chi connectivity index (χ3v) is 5.81. The van der Waals surface area contributed by atoms with Gasteiger partial charge < -0.3 is 10.6 Å². The van der Waals surface area contributed by atoms with E-state index in [1.807, 2.05) is 0 Å². The van der Waals surface area contributed by atoms with Crippen molar-refractivity contribution in [3.05, 3.63) is 0 Å². The second kappa shape index (κ2) is 4.79. The molecule has 102 valence electrons. The van der Waals surface area contributed by atoms with Gasteiger partial charge in [0.05, 0.1) is 0 Å². The second-order valence-corrected chi connectivity index (χ2v) is 7.36. The number of hydrogen-bond donors (Lipinski definition) is 2. The van der Waals surface area contributed by atoms with Crippen LogP contribution < -0.4 is 10.6 Å². The Morgan fingerprint density at radius 3 is 2.33 bits per heavy atom. The molecule has 0 bridgehead atoms. The number of fused-ring (bicyclic) bond motifs is 1. The maximum absolute atomic E-state index is 3.93. The molecule has 1 aliphatic heterocycles. The fourth-order valence-electron chi connectivity index (χ4n) is 4.49. The maximum atomic E-state index is 3.93. The zero-order valence-electron chi connectivity index (χ0n) is 11.5. The van der Waals surface area contributed by atoms with Crippen molar-refractivity contribution in [3.8, 4) is 0 Å². The summed E-state index contributed by atoms with van der Waals surface area (Å²) in [5, 5.41) is 7.84. The first-order chi connectivity index (χ1) is 8.90. The Morgan fingerprint density at radius 1 is 0.944 bits per heavy atom. The Kier molecular flexibility index (Phi) is 3.12. The van der Waals surface area contributed by atoms with E-state index in [0.717, 1.165) is 35.9 Å². The summed E-state index contributed by atoms with van der Waals surface area (Å²) in [5.74, 6) is 3.09. The lowest BCUT2D eigenvalue weighted by Crippen LogP contribution is -2.43. The lowest BCUT2D eigenvalue weighted by atomic mass is 9.85. The van der Waals surface area contributed by atoms with Gasteiger partial charge in [0.25, 0.3) is 0 Å². The monoisotopic (exact) mass is 248 g/mol. The van der Waals surface area contributed by atoms with E-state index >= 15 is 0 Å². The summed E-state index contributed by atoms with van der Waals surface area (Å²) in [6.07, 6.45) is 13.3. The molecule has 3 atom stereocenters. The topological polar surface area (TPSA) is 24.1 Å². The lowest BCUT2D eigenvalue weighted by Gasteiger charge is -2.24. The van der Waals surface area contributed by atoms with E-state index in [9.17, 15) is 0 Å². The molecule has 4 rings (SSSR count). The number of hydrogen-bond acceptors (Lipinski definition) is 2. The number of rotatable bonds is 5. The Hall–Kier alpha value is -0.0800. The van der Waals surface area contributed by atoms with Crippen LogP contribution in [0.2, 0.25) is 0 Å². The van der Waals surface area contributed by atoms with Crippen LogP contribution in [0, 0.1) is 17.8 Å². The summed E-state index contributed by atoms with van der Waals surface area (Å²) in [6.45, 7) is 1.24. The van der Waals surface area contributed by atoms with Gasteiger partial charge in [-0.2, -0.15) is 0 Å². The Balaban J connectivity index is 1.27. The highest BCUT2D eigenvalue weighted by molar-refractivity contribution is 4.99. The first-order valence-corrected chi connectivity index (χ1v) is 8.39. The molecule has 0 radical (unpaired) electrons. The predicted molar refractivity (Wildman–Crippen MR) is 74.5 cm³/mol. The van der Waals surface area contributed by atoms with E-state index in [-0.39, 0.29) is 0 Å². The Labute approximate surface area is 111 Å². The molecule has 0 aromatic heterocycles. The summed E-state index contributed by atoms with van der Waals surface area (Å²) in [7, 11) is 0. The molecule has 1 heterocycles. The van der Waals surface area contributed by atoms with Crippen molar-refractivity contribution in [1.82, 2.24) is 10.6 Å². The van der Waals surface area contributed by atoms with Crippen LogP contribution in [-0.4, -0.2) is 24.7 Å². The van der Waals surface area contributed by atoms with E-state index in [1.54, 1.807) is 0 Å². The standard InChI is InChI=1S/C16H28N2/c1-2-4-15-13(3-1)9-14(18-15)10-17-16(11-5-6-11)12-7-8-12/h11-18H,1-10H2. The molecule has 3 unspecified atom stereocenters. The van der Waals surface area contributed by atoms with Crippen LogP contribution in [0.1, 0.15) is 57.8 Å². The highest BCUT2D eigenvalue weighted by Crippen LogP contribution is 2.44. The molecule has 0 aromatic carbocycles. The summed E-state index contributed by atoms with van der Waals surface area (Å²) < 4.78 is 0. The summed E-state index contributed by atoms with van der Waals surface area (Å²) >= 11 is 0. The normalized spacial score (nSPS) is 40.2. The molecule has 2 N–H and O–H groups in total. The molecule has 4 aliphatic rings. The van der Waals surface area contributed by atoms with Crippen LogP contribution in [0.3, 0.4) is 0 Å². The maximum Gasteiger partial charge on any atom is 0.0198 e. The van der Waals surface area contributed by atoms with Crippen molar-refractivity contribution in [2.24, 2.45) is 17.8 Å². The summed E-state index contributed by atoms with van der Waals surface area (Å²) in [4.78, 5) is 0. The Morgan fingerprint density at radius 2 is 1.67 bits per heavy atom. The minimum atomic E-state index is 0.776. The molecule has 4 fully saturated rings.